The van der Waals surface area contributed by atoms with E-state index in [2.05, 4.69) is 5.32 Å². The van der Waals surface area contributed by atoms with Gasteiger partial charge in [-0.25, -0.2) is 0 Å². The number of hydrogen-bond acceptors (Lipinski definition) is 2. The van der Waals surface area contributed by atoms with Gasteiger partial charge >= 0.3 is 0 Å². The van der Waals surface area contributed by atoms with Crippen LogP contribution in [-0.4, -0.2) is 34.3 Å². The highest BCUT2D eigenvalue weighted by Gasteiger charge is 2.49. The molecule has 1 aromatic rings. The van der Waals surface area contributed by atoms with Gasteiger partial charge in [0.25, 0.3) is 0 Å². The van der Waals surface area contributed by atoms with Gasteiger partial charge in [-0.3, -0.25) is 9.59 Å². The molecule has 0 aromatic heterocycles. The topological polar surface area (TPSA) is 49.4 Å². The Morgan fingerprint density at radius 3 is 2.25 bits per heavy atom. The van der Waals surface area contributed by atoms with Gasteiger partial charge in [-0.15, -0.1) is 0 Å². The van der Waals surface area contributed by atoms with Crippen LogP contribution in [0.5, 0.6) is 0 Å². The second-order valence-corrected chi connectivity index (χ2v) is 6.33. The van der Waals surface area contributed by atoms with Crippen molar-refractivity contribution in [1.29, 1.82) is 0 Å². The molecule has 1 saturated heterocycles. The van der Waals surface area contributed by atoms with E-state index in [1.165, 1.54) is 5.56 Å². The molecule has 0 saturated carbocycles. The molecule has 0 atom stereocenters. The van der Waals surface area contributed by atoms with Crippen LogP contribution in [0.2, 0.25) is 0 Å². The average molecular weight is 274 g/mol. The van der Waals surface area contributed by atoms with Crippen LogP contribution in [0.15, 0.2) is 30.3 Å². The van der Waals surface area contributed by atoms with Crippen molar-refractivity contribution in [3.63, 3.8) is 0 Å². The molecule has 2 amide bonds. The van der Waals surface area contributed by atoms with Gasteiger partial charge in [0, 0.05) is 6.54 Å². The van der Waals surface area contributed by atoms with Crippen LogP contribution in [0.3, 0.4) is 0 Å². The molecule has 4 nitrogen and oxygen atoms in total. The molecule has 1 aromatic carbocycles. The minimum atomic E-state index is -0.830. The lowest BCUT2D eigenvalue weighted by Crippen LogP contribution is -2.72. The van der Waals surface area contributed by atoms with Crippen molar-refractivity contribution in [3.05, 3.63) is 35.9 Å². The maximum Gasteiger partial charge on any atom is 0.248 e. The molecule has 0 spiro atoms. The Morgan fingerprint density at radius 1 is 1.05 bits per heavy atom. The highest BCUT2D eigenvalue weighted by atomic mass is 16.2. The van der Waals surface area contributed by atoms with Gasteiger partial charge in [-0.05, 0) is 39.7 Å². The molecule has 20 heavy (non-hydrogen) atoms. The van der Waals surface area contributed by atoms with E-state index in [-0.39, 0.29) is 11.8 Å². The number of carbonyl (C=O) groups is 2. The number of nitrogens with one attached hydrogen (secondary N) is 1. The molecule has 0 bridgehead atoms. The lowest BCUT2D eigenvalue weighted by Gasteiger charge is -2.47. The van der Waals surface area contributed by atoms with E-state index >= 15 is 0 Å². The first kappa shape index (κ1) is 14.6. The number of piperazine rings is 1. The van der Waals surface area contributed by atoms with Gasteiger partial charge < -0.3 is 10.2 Å². The Bertz CT molecular complexity index is 521. The average Bonchev–Trinajstić information content (AvgIpc) is 2.37. The summed E-state index contributed by atoms with van der Waals surface area (Å²) >= 11 is 0. The number of carbonyl (C=O) groups excluding carboxylic acids is 2. The summed E-state index contributed by atoms with van der Waals surface area (Å²) in [7, 11) is 0. The van der Waals surface area contributed by atoms with E-state index in [0.717, 1.165) is 6.42 Å². The molecule has 108 valence electrons. The lowest BCUT2D eigenvalue weighted by atomic mass is 9.89. The van der Waals surface area contributed by atoms with Crippen LogP contribution in [0, 0.1) is 0 Å². The van der Waals surface area contributed by atoms with Crippen LogP contribution < -0.4 is 5.32 Å². The summed E-state index contributed by atoms with van der Waals surface area (Å²) in [4.78, 5) is 26.4. The number of benzene rings is 1. The Labute approximate surface area is 120 Å². The SMILES string of the molecule is CC1(C)NC(=O)C(C)(C)N(CCc2ccccc2)C1=O. The third kappa shape index (κ3) is 2.55. The van der Waals surface area contributed by atoms with Crippen molar-refractivity contribution in [2.75, 3.05) is 6.54 Å². The molecule has 4 heteroatoms. The molecule has 1 aliphatic rings. The predicted molar refractivity (Wildman–Crippen MR) is 78.2 cm³/mol. The first-order valence-corrected chi connectivity index (χ1v) is 6.94. The van der Waals surface area contributed by atoms with Crippen molar-refractivity contribution in [1.82, 2.24) is 10.2 Å². The fourth-order valence-corrected chi connectivity index (χ4v) is 2.47. The summed E-state index contributed by atoms with van der Waals surface area (Å²) in [5.74, 6) is -0.131. The fraction of sp³-hybridized carbons (Fsp3) is 0.500. The zero-order valence-corrected chi connectivity index (χ0v) is 12.6. The van der Waals surface area contributed by atoms with E-state index in [9.17, 15) is 9.59 Å². The zero-order chi connectivity index (χ0) is 15.0. The molecule has 1 N–H and O–H groups in total. The van der Waals surface area contributed by atoms with E-state index in [1.54, 1.807) is 32.6 Å². The molecular weight excluding hydrogens is 252 g/mol. The van der Waals surface area contributed by atoms with E-state index < -0.39 is 11.1 Å². The standard InChI is InChI=1S/C16H22N2O2/c1-15(2)14(20)18(16(3,4)13(19)17-15)11-10-12-8-6-5-7-9-12/h5-9H,10-11H2,1-4H3,(H,17,19). The van der Waals surface area contributed by atoms with Gasteiger partial charge in [0.1, 0.15) is 11.1 Å². The van der Waals surface area contributed by atoms with Gasteiger partial charge in [-0.2, -0.15) is 0 Å². The summed E-state index contributed by atoms with van der Waals surface area (Å²) in [6.45, 7) is 7.63. The number of hydrogen-bond donors (Lipinski definition) is 1. The van der Waals surface area contributed by atoms with Crippen molar-refractivity contribution in [3.8, 4) is 0 Å². The molecule has 0 aliphatic carbocycles. The summed E-state index contributed by atoms with van der Waals surface area (Å²) in [6.07, 6.45) is 0.749. The molecule has 1 fully saturated rings. The monoisotopic (exact) mass is 274 g/mol. The van der Waals surface area contributed by atoms with Gasteiger partial charge in [0.05, 0.1) is 0 Å². The van der Waals surface area contributed by atoms with Crippen LogP contribution >= 0.6 is 0 Å². The van der Waals surface area contributed by atoms with E-state index in [4.69, 9.17) is 0 Å². The Kier molecular flexibility index (Phi) is 3.59. The van der Waals surface area contributed by atoms with Crippen molar-refractivity contribution in [2.45, 2.75) is 45.2 Å². The Hall–Kier alpha value is -1.84. The summed E-state index contributed by atoms with van der Waals surface area (Å²) in [5, 5.41) is 2.79. The summed E-state index contributed by atoms with van der Waals surface area (Å²) in [6, 6.07) is 10.00. The smallest absolute Gasteiger partial charge is 0.248 e. The van der Waals surface area contributed by atoms with Crippen LogP contribution in [0.1, 0.15) is 33.3 Å². The predicted octanol–water partition coefficient (Wildman–Crippen LogP) is 1.74. The van der Waals surface area contributed by atoms with Crippen LogP contribution in [-0.2, 0) is 16.0 Å². The highest BCUT2D eigenvalue weighted by molar-refractivity contribution is 6.01. The van der Waals surface area contributed by atoms with Crippen LogP contribution in [0.25, 0.3) is 0 Å². The van der Waals surface area contributed by atoms with Crippen molar-refractivity contribution < 1.29 is 9.59 Å². The first-order chi connectivity index (χ1) is 9.25. The minimum Gasteiger partial charge on any atom is -0.340 e. The number of nitrogens with zero attached hydrogens (tertiary/aromatic N) is 1. The maximum absolute atomic E-state index is 12.5. The molecule has 0 unspecified atom stereocenters. The second-order valence-electron chi connectivity index (χ2n) is 6.33. The quantitative estimate of drug-likeness (QED) is 0.913. The summed E-state index contributed by atoms with van der Waals surface area (Å²) in [5.41, 5.74) is -0.468. The first-order valence-electron chi connectivity index (χ1n) is 6.94. The molecule has 1 heterocycles. The number of rotatable bonds is 3. The molecular formula is C16H22N2O2. The summed E-state index contributed by atoms with van der Waals surface area (Å²) < 4.78 is 0. The molecule has 2 rings (SSSR count). The normalized spacial score (nSPS) is 20.7. The lowest BCUT2D eigenvalue weighted by molar-refractivity contribution is -0.159. The largest absolute Gasteiger partial charge is 0.340 e. The van der Waals surface area contributed by atoms with Crippen LogP contribution in [0.4, 0.5) is 0 Å². The van der Waals surface area contributed by atoms with Gasteiger partial charge in [0.15, 0.2) is 0 Å². The maximum atomic E-state index is 12.5. The Balaban J connectivity index is 2.18. The van der Waals surface area contributed by atoms with E-state index in [1.807, 2.05) is 30.3 Å². The van der Waals surface area contributed by atoms with Gasteiger partial charge in [-0.1, -0.05) is 30.3 Å². The Morgan fingerprint density at radius 2 is 1.65 bits per heavy atom. The molecule has 0 radical (unpaired) electrons. The second kappa shape index (κ2) is 4.93. The third-order valence-corrected chi connectivity index (χ3v) is 3.90. The molecule has 1 aliphatic heterocycles. The van der Waals surface area contributed by atoms with E-state index in [0.29, 0.717) is 6.54 Å². The highest BCUT2D eigenvalue weighted by Crippen LogP contribution is 2.26. The van der Waals surface area contributed by atoms with Crippen molar-refractivity contribution in [2.24, 2.45) is 0 Å². The number of amides is 2. The minimum absolute atomic E-state index is 0.0296. The fourth-order valence-electron chi connectivity index (χ4n) is 2.47. The van der Waals surface area contributed by atoms with Gasteiger partial charge in [0.2, 0.25) is 11.8 Å². The zero-order valence-electron chi connectivity index (χ0n) is 12.6. The third-order valence-electron chi connectivity index (χ3n) is 3.90. The van der Waals surface area contributed by atoms with Crippen molar-refractivity contribution >= 4 is 11.8 Å².